The van der Waals surface area contributed by atoms with Gasteiger partial charge < -0.3 is 4.90 Å². The number of carbonyl (C=O) groups is 2. The summed E-state index contributed by atoms with van der Waals surface area (Å²) in [6, 6.07) is 6.45. The molecule has 5 heteroatoms. The summed E-state index contributed by atoms with van der Waals surface area (Å²) >= 11 is 5.83. The molecule has 1 aliphatic rings. The maximum atomic E-state index is 12.5. The fourth-order valence-corrected chi connectivity index (χ4v) is 2.24. The lowest BCUT2D eigenvalue weighted by atomic mass is 10.0. The summed E-state index contributed by atoms with van der Waals surface area (Å²) in [6.45, 7) is 6.34. The first kappa shape index (κ1) is 13.9. The summed E-state index contributed by atoms with van der Waals surface area (Å²) in [5, 5.41) is 0.577. The molecule has 1 fully saturated rings. The Labute approximate surface area is 117 Å². The van der Waals surface area contributed by atoms with Crippen LogP contribution in [0.2, 0.25) is 5.02 Å². The van der Waals surface area contributed by atoms with E-state index in [2.05, 4.69) is 0 Å². The van der Waals surface area contributed by atoms with Gasteiger partial charge in [-0.2, -0.15) is 0 Å². The summed E-state index contributed by atoms with van der Waals surface area (Å²) in [5.41, 5.74) is 0.260. The van der Waals surface area contributed by atoms with E-state index in [1.165, 1.54) is 4.90 Å². The summed E-state index contributed by atoms with van der Waals surface area (Å²) in [4.78, 5) is 27.4. The fraction of sp³-hybridized carbons (Fsp3) is 0.429. The van der Waals surface area contributed by atoms with Gasteiger partial charge in [0.05, 0.1) is 5.69 Å². The van der Waals surface area contributed by atoms with Crippen LogP contribution in [0.15, 0.2) is 24.3 Å². The first-order chi connectivity index (χ1) is 8.80. The molecule has 1 heterocycles. The minimum absolute atomic E-state index is 0.173. The van der Waals surface area contributed by atoms with E-state index in [-0.39, 0.29) is 17.5 Å². The average molecular weight is 281 g/mol. The van der Waals surface area contributed by atoms with Gasteiger partial charge in [0.1, 0.15) is 0 Å². The number of imide groups is 1. The third-order valence-corrected chi connectivity index (χ3v) is 3.37. The van der Waals surface area contributed by atoms with E-state index < -0.39 is 0 Å². The molecule has 0 unspecified atom stereocenters. The molecule has 1 saturated heterocycles. The molecular formula is C14H17ClN2O2. The van der Waals surface area contributed by atoms with Gasteiger partial charge in [0.15, 0.2) is 0 Å². The van der Waals surface area contributed by atoms with Crippen LogP contribution in [-0.4, -0.2) is 28.9 Å². The molecule has 0 aliphatic carbocycles. The Hall–Kier alpha value is -1.55. The molecule has 2 rings (SSSR count). The number of hydrogen-bond donors (Lipinski definition) is 0. The van der Waals surface area contributed by atoms with Crippen molar-refractivity contribution >= 4 is 29.2 Å². The van der Waals surface area contributed by atoms with Crippen LogP contribution in [0, 0.1) is 0 Å². The zero-order chi connectivity index (χ0) is 14.2. The molecule has 102 valence electrons. The second-order valence-electron chi connectivity index (χ2n) is 5.56. The first-order valence-corrected chi connectivity index (χ1v) is 6.58. The van der Waals surface area contributed by atoms with Crippen molar-refractivity contribution in [3.8, 4) is 0 Å². The van der Waals surface area contributed by atoms with E-state index in [9.17, 15) is 9.59 Å². The molecule has 0 spiro atoms. The Balaban J connectivity index is 2.34. The van der Waals surface area contributed by atoms with Crippen LogP contribution >= 0.6 is 11.6 Å². The van der Waals surface area contributed by atoms with Crippen molar-refractivity contribution in [1.82, 2.24) is 4.90 Å². The van der Waals surface area contributed by atoms with Crippen LogP contribution in [0.1, 0.15) is 27.2 Å². The highest BCUT2D eigenvalue weighted by Crippen LogP contribution is 2.26. The van der Waals surface area contributed by atoms with E-state index in [1.54, 1.807) is 29.2 Å². The highest BCUT2D eigenvalue weighted by Gasteiger charge is 2.38. The van der Waals surface area contributed by atoms with E-state index in [0.29, 0.717) is 23.7 Å². The maximum absolute atomic E-state index is 12.5. The molecule has 0 aromatic heterocycles. The molecule has 0 atom stereocenters. The minimum atomic E-state index is -0.303. The van der Waals surface area contributed by atoms with Crippen molar-refractivity contribution in [3.05, 3.63) is 29.3 Å². The number of amides is 3. The number of anilines is 1. The van der Waals surface area contributed by atoms with Crippen LogP contribution in [0.4, 0.5) is 10.5 Å². The van der Waals surface area contributed by atoms with Crippen molar-refractivity contribution in [3.63, 3.8) is 0 Å². The summed E-state index contributed by atoms with van der Waals surface area (Å²) < 4.78 is 0. The molecule has 1 aromatic carbocycles. The topological polar surface area (TPSA) is 40.6 Å². The van der Waals surface area contributed by atoms with Gasteiger partial charge in [-0.25, -0.2) is 9.69 Å². The van der Waals surface area contributed by atoms with Crippen molar-refractivity contribution in [2.75, 3.05) is 11.4 Å². The van der Waals surface area contributed by atoms with Crippen LogP contribution in [-0.2, 0) is 4.79 Å². The number of halogens is 1. The molecule has 1 aromatic rings. The van der Waals surface area contributed by atoms with Gasteiger partial charge in [-0.05, 0) is 45.0 Å². The molecule has 0 bridgehead atoms. The number of benzene rings is 1. The van der Waals surface area contributed by atoms with Gasteiger partial charge in [-0.15, -0.1) is 0 Å². The Morgan fingerprint density at radius 1 is 1.11 bits per heavy atom. The van der Waals surface area contributed by atoms with Crippen molar-refractivity contribution in [2.45, 2.75) is 32.7 Å². The van der Waals surface area contributed by atoms with Crippen LogP contribution in [0.25, 0.3) is 0 Å². The normalized spacial score (nSPS) is 17.1. The Bertz CT molecular complexity index is 505. The Morgan fingerprint density at radius 3 is 2.21 bits per heavy atom. The summed E-state index contributed by atoms with van der Waals surface area (Å²) in [6.07, 6.45) is 0.339. The number of urea groups is 1. The third kappa shape index (κ3) is 2.73. The highest BCUT2D eigenvalue weighted by atomic mass is 35.5. The lowest BCUT2D eigenvalue weighted by Gasteiger charge is -2.42. The highest BCUT2D eigenvalue weighted by molar-refractivity contribution is 6.30. The van der Waals surface area contributed by atoms with E-state index in [0.717, 1.165) is 0 Å². The maximum Gasteiger partial charge on any atom is 0.331 e. The second kappa shape index (κ2) is 4.85. The van der Waals surface area contributed by atoms with Crippen molar-refractivity contribution in [1.29, 1.82) is 0 Å². The molecule has 1 aliphatic heterocycles. The van der Waals surface area contributed by atoms with Gasteiger partial charge in [-0.1, -0.05) is 11.6 Å². The van der Waals surface area contributed by atoms with Gasteiger partial charge in [0.25, 0.3) is 0 Å². The number of rotatable bonds is 1. The van der Waals surface area contributed by atoms with Gasteiger partial charge in [0.2, 0.25) is 5.91 Å². The third-order valence-electron chi connectivity index (χ3n) is 3.12. The molecular weight excluding hydrogens is 264 g/mol. The van der Waals surface area contributed by atoms with E-state index in [1.807, 2.05) is 20.8 Å². The quantitative estimate of drug-likeness (QED) is 0.792. The number of nitrogens with zero attached hydrogens (tertiary/aromatic N) is 2. The predicted molar refractivity (Wildman–Crippen MR) is 75.4 cm³/mol. The zero-order valence-corrected chi connectivity index (χ0v) is 12.1. The largest absolute Gasteiger partial charge is 0.331 e. The van der Waals surface area contributed by atoms with E-state index >= 15 is 0 Å². The Morgan fingerprint density at radius 2 is 1.68 bits per heavy atom. The SMILES string of the molecule is CC(C)(C)N1CCC(=O)N(c2ccc(Cl)cc2)C1=O. The molecule has 0 saturated carbocycles. The first-order valence-electron chi connectivity index (χ1n) is 6.21. The molecule has 3 amide bonds. The fourth-order valence-electron chi connectivity index (χ4n) is 2.11. The van der Waals surface area contributed by atoms with E-state index in [4.69, 9.17) is 11.6 Å². The average Bonchev–Trinajstić information content (AvgIpc) is 2.29. The van der Waals surface area contributed by atoms with Crippen molar-refractivity contribution < 1.29 is 9.59 Å². The van der Waals surface area contributed by atoms with Gasteiger partial charge in [0, 0.05) is 23.5 Å². The molecule has 19 heavy (non-hydrogen) atoms. The summed E-state index contributed by atoms with van der Waals surface area (Å²) in [5.74, 6) is -0.173. The monoisotopic (exact) mass is 280 g/mol. The Kier molecular flexibility index (Phi) is 3.54. The van der Waals surface area contributed by atoms with Crippen molar-refractivity contribution in [2.24, 2.45) is 0 Å². The van der Waals surface area contributed by atoms with Crippen LogP contribution in [0.3, 0.4) is 0 Å². The van der Waals surface area contributed by atoms with Crippen LogP contribution in [0.5, 0.6) is 0 Å². The molecule has 0 radical (unpaired) electrons. The molecule has 0 N–H and O–H groups in total. The number of hydrogen-bond acceptors (Lipinski definition) is 2. The lowest BCUT2D eigenvalue weighted by molar-refractivity contribution is -0.119. The van der Waals surface area contributed by atoms with Gasteiger partial charge in [-0.3, -0.25) is 4.79 Å². The van der Waals surface area contributed by atoms with Gasteiger partial charge >= 0.3 is 6.03 Å². The molecule has 4 nitrogen and oxygen atoms in total. The lowest BCUT2D eigenvalue weighted by Crippen LogP contribution is -2.58. The second-order valence-corrected chi connectivity index (χ2v) is 6.00. The zero-order valence-electron chi connectivity index (χ0n) is 11.3. The number of carbonyl (C=O) groups excluding carboxylic acids is 2. The summed E-state index contributed by atoms with van der Waals surface area (Å²) in [7, 11) is 0. The van der Waals surface area contributed by atoms with Crippen LogP contribution < -0.4 is 4.90 Å². The smallest absolute Gasteiger partial charge is 0.319 e. The predicted octanol–water partition coefficient (Wildman–Crippen LogP) is 3.30. The standard InChI is InChI=1S/C14H17ClN2O2/c1-14(2,3)16-9-8-12(18)17(13(16)19)11-6-4-10(15)5-7-11/h4-7H,8-9H2,1-3H3. The minimum Gasteiger partial charge on any atom is -0.319 e.